The van der Waals surface area contributed by atoms with Crippen LogP contribution in [0.2, 0.25) is 0 Å². The monoisotopic (exact) mass is 88.1 g/mol. The van der Waals surface area contributed by atoms with Gasteiger partial charge in [0, 0.05) is 6.54 Å². The summed E-state index contributed by atoms with van der Waals surface area (Å²) in [4.78, 5) is 4.27. The van der Waals surface area contributed by atoms with Gasteiger partial charge >= 0.3 is 0 Å². The highest BCUT2D eigenvalue weighted by Crippen LogP contribution is 1.57. The molecule has 0 heterocycles. The van der Waals surface area contributed by atoms with Gasteiger partial charge in [0.15, 0.2) is 0 Å². The quantitative estimate of drug-likeness (QED) is 0.368. The SMILES string of the molecule is CO/N=C\CN. The number of hydrogen-bond donors (Lipinski definition) is 1. The predicted octanol–water partition coefficient (Wildman–Crippen LogP) is -0.423. The molecule has 0 spiro atoms. The van der Waals surface area contributed by atoms with E-state index in [0.717, 1.165) is 0 Å². The van der Waals surface area contributed by atoms with Crippen LogP contribution in [-0.4, -0.2) is 19.9 Å². The molecule has 0 bridgehead atoms. The summed E-state index contributed by atoms with van der Waals surface area (Å²) in [5.41, 5.74) is 4.99. The molecule has 6 heavy (non-hydrogen) atoms. The van der Waals surface area contributed by atoms with E-state index in [1.807, 2.05) is 0 Å². The Hall–Kier alpha value is -0.570. The first-order valence-electron chi connectivity index (χ1n) is 1.67. The maximum Gasteiger partial charge on any atom is 0.106 e. The van der Waals surface area contributed by atoms with Gasteiger partial charge in [0.25, 0.3) is 0 Å². The van der Waals surface area contributed by atoms with Gasteiger partial charge in [0.1, 0.15) is 7.11 Å². The van der Waals surface area contributed by atoms with Gasteiger partial charge in [-0.25, -0.2) is 0 Å². The van der Waals surface area contributed by atoms with Crippen molar-refractivity contribution in [2.75, 3.05) is 13.7 Å². The summed E-state index contributed by atoms with van der Waals surface area (Å²) in [5, 5.41) is 3.34. The summed E-state index contributed by atoms with van der Waals surface area (Å²) in [6.45, 7) is 0.438. The van der Waals surface area contributed by atoms with E-state index in [-0.39, 0.29) is 0 Å². The van der Waals surface area contributed by atoms with Gasteiger partial charge in [-0.2, -0.15) is 0 Å². The zero-order valence-corrected chi connectivity index (χ0v) is 3.72. The minimum atomic E-state index is 0.438. The third kappa shape index (κ3) is 3.43. The first-order valence-corrected chi connectivity index (χ1v) is 1.67. The van der Waals surface area contributed by atoms with E-state index >= 15 is 0 Å². The summed E-state index contributed by atoms with van der Waals surface area (Å²) in [5.74, 6) is 0. The Morgan fingerprint density at radius 2 is 2.67 bits per heavy atom. The minimum Gasteiger partial charge on any atom is -0.399 e. The molecule has 3 nitrogen and oxygen atoms in total. The molecular formula is C3H8N2O. The molecule has 2 N–H and O–H groups in total. The number of rotatable bonds is 2. The average Bonchev–Trinajstić information content (AvgIpc) is 1.61. The minimum absolute atomic E-state index is 0.438. The van der Waals surface area contributed by atoms with Crippen molar-refractivity contribution in [2.24, 2.45) is 10.9 Å². The fourth-order valence-corrected chi connectivity index (χ4v) is 0.118. The molecule has 0 saturated heterocycles. The Balaban J connectivity index is 2.73. The van der Waals surface area contributed by atoms with Gasteiger partial charge in [-0.15, -0.1) is 0 Å². The van der Waals surface area contributed by atoms with E-state index in [0.29, 0.717) is 6.54 Å². The van der Waals surface area contributed by atoms with Crippen LogP contribution in [0.5, 0.6) is 0 Å². The molecule has 0 radical (unpaired) electrons. The summed E-state index contributed by atoms with van der Waals surface area (Å²) in [6, 6.07) is 0. The number of nitrogens with two attached hydrogens (primary N) is 1. The summed E-state index contributed by atoms with van der Waals surface area (Å²) in [6.07, 6.45) is 1.49. The molecule has 0 aromatic carbocycles. The first-order chi connectivity index (χ1) is 2.91. The Kier molecular flexibility index (Phi) is 4.01. The molecule has 0 unspecified atom stereocenters. The fourth-order valence-electron chi connectivity index (χ4n) is 0.118. The standard InChI is InChI=1S/C3H8N2O/c1-6-5-3-2-4/h3H,2,4H2,1H3/b5-3-. The molecule has 0 fully saturated rings. The lowest BCUT2D eigenvalue weighted by Gasteiger charge is -1.78. The zero-order valence-electron chi connectivity index (χ0n) is 3.72. The van der Waals surface area contributed by atoms with E-state index in [1.165, 1.54) is 13.3 Å². The molecular weight excluding hydrogens is 80.0 g/mol. The average molecular weight is 88.1 g/mol. The van der Waals surface area contributed by atoms with E-state index in [2.05, 4.69) is 9.99 Å². The van der Waals surface area contributed by atoms with Crippen molar-refractivity contribution in [2.45, 2.75) is 0 Å². The van der Waals surface area contributed by atoms with Crippen molar-refractivity contribution in [3.63, 3.8) is 0 Å². The van der Waals surface area contributed by atoms with Crippen LogP contribution in [0, 0.1) is 0 Å². The smallest absolute Gasteiger partial charge is 0.106 e. The number of oxime groups is 1. The normalized spacial score (nSPS) is 9.67. The lowest BCUT2D eigenvalue weighted by atomic mass is 10.8. The molecule has 0 amide bonds. The van der Waals surface area contributed by atoms with Gasteiger partial charge in [-0.3, -0.25) is 0 Å². The van der Waals surface area contributed by atoms with Crippen LogP contribution < -0.4 is 5.73 Å². The van der Waals surface area contributed by atoms with Crippen molar-refractivity contribution in [3.05, 3.63) is 0 Å². The topological polar surface area (TPSA) is 47.6 Å². The van der Waals surface area contributed by atoms with Gasteiger partial charge in [-0.05, 0) is 0 Å². The summed E-state index contributed by atoms with van der Waals surface area (Å²) >= 11 is 0. The lowest BCUT2D eigenvalue weighted by Crippen LogP contribution is -1.98. The van der Waals surface area contributed by atoms with Crippen LogP contribution in [0.4, 0.5) is 0 Å². The second-order valence-corrected chi connectivity index (χ2v) is 0.706. The maximum atomic E-state index is 4.99. The van der Waals surface area contributed by atoms with Crippen molar-refractivity contribution in [3.8, 4) is 0 Å². The van der Waals surface area contributed by atoms with Crippen molar-refractivity contribution < 1.29 is 4.84 Å². The third-order valence-corrected chi connectivity index (χ3v) is 0.285. The number of hydrogen-bond acceptors (Lipinski definition) is 3. The van der Waals surface area contributed by atoms with Crippen LogP contribution in [0.3, 0.4) is 0 Å². The molecule has 3 heteroatoms. The van der Waals surface area contributed by atoms with E-state index in [4.69, 9.17) is 5.73 Å². The van der Waals surface area contributed by atoms with Gasteiger partial charge in [-0.1, -0.05) is 5.16 Å². The van der Waals surface area contributed by atoms with Crippen LogP contribution >= 0.6 is 0 Å². The van der Waals surface area contributed by atoms with Crippen LogP contribution in [0.25, 0.3) is 0 Å². The second kappa shape index (κ2) is 4.43. The molecule has 0 aromatic heterocycles. The van der Waals surface area contributed by atoms with E-state index < -0.39 is 0 Å². The number of nitrogens with zero attached hydrogens (tertiary/aromatic N) is 1. The van der Waals surface area contributed by atoms with E-state index in [9.17, 15) is 0 Å². The second-order valence-electron chi connectivity index (χ2n) is 0.706. The molecule has 0 aliphatic carbocycles. The highest BCUT2D eigenvalue weighted by molar-refractivity contribution is 5.58. The molecule has 0 aliphatic heterocycles. The van der Waals surface area contributed by atoms with Crippen LogP contribution in [0.1, 0.15) is 0 Å². The van der Waals surface area contributed by atoms with Gasteiger partial charge in [0.05, 0.1) is 6.21 Å². The Morgan fingerprint density at radius 1 is 2.00 bits per heavy atom. The third-order valence-electron chi connectivity index (χ3n) is 0.285. The highest BCUT2D eigenvalue weighted by atomic mass is 16.6. The highest BCUT2D eigenvalue weighted by Gasteiger charge is 1.58. The van der Waals surface area contributed by atoms with Crippen molar-refractivity contribution in [1.29, 1.82) is 0 Å². The van der Waals surface area contributed by atoms with Crippen molar-refractivity contribution >= 4 is 6.21 Å². The molecule has 0 aromatic rings. The van der Waals surface area contributed by atoms with Crippen LogP contribution in [0.15, 0.2) is 5.16 Å². The molecule has 0 saturated carbocycles. The largest absolute Gasteiger partial charge is 0.399 e. The van der Waals surface area contributed by atoms with Crippen LogP contribution in [-0.2, 0) is 4.84 Å². The summed E-state index contributed by atoms with van der Waals surface area (Å²) in [7, 11) is 1.48. The Bertz CT molecular complexity index is 38.1. The zero-order chi connectivity index (χ0) is 4.83. The Labute approximate surface area is 36.8 Å². The predicted molar refractivity (Wildman–Crippen MR) is 24.6 cm³/mol. The van der Waals surface area contributed by atoms with Gasteiger partial charge in [0.2, 0.25) is 0 Å². The van der Waals surface area contributed by atoms with Gasteiger partial charge < -0.3 is 10.6 Å². The van der Waals surface area contributed by atoms with E-state index in [1.54, 1.807) is 0 Å². The summed E-state index contributed by atoms with van der Waals surface area (Å²) < 4.78 is 0. The van der Waals surface area contributed by atoms with Crippen molar-refractivity contribution in [1.82, 2.24) is 0 Å². The molecule has 0 rings (SSSR count). The Morgan fingerprint density at radius 3 is 2.83 bits per heavy atom. The first kappa shape index (κ1) is 5.43. The maximum absolute atomic E-state index is 4.99. The molecule has 0 aliphatic rings. The lowest BCUT2D eigenvalue weighted by molar-refractivity contribution is 0.215. The molecule has 0 atom stereocenters. The molecule has 36 valence electrons. The fraction of sp³-hybridized carbons (Fsp3) is 0.667.